The van der Waals surface area contributed by atoms with Crippen LogP contribution in [0.5, 0.6) is 0 Å². The van der Waals surface area contributed by atoms with Crippen molar-refractivity contribution >= 4 is 35.0 Å². The molecule has 0 amide bonds. The Morgan fingerprint density at radius 2 is 1.39 bits per heavy atom. The van der Waals surface area contributed by atoms with E-state index in [-0.39, 0.29) is 31.8 Å². The van der Waals surface area contributed by atoms with Crippen molar-refractivity contribution in [2.24, 2.45) is 16.7 Å². The first-order valence-corrected chi connectivity index (χ1v) is 6.21. The molecule has 1 aliphatic carbocycles. The van der Waals surface area contributed by atoms with Gasteiger partial charge in [0.2, 0.25) is 0 Å². The van der Waals surface area contributed by atoms with Crippen LogP contribution in [0.2, 0.25) is 0 Å². The second-order valence-electron chi connectivity index (χ2n) is 6.00. The molecule has 5 heteroatoms. The van der Waals surface area contributed by atoms with E-state index < -0.39 is 22.8 Å². The van der Waals surface area contributed by atoms with Crippen molar-refractivity contribution in [2.45, 2.75) is 52.9 Å². The maximum atomic E-state index is 11.6. The molecule has 1 saturated carbocycles. The SMILES string of the molecule is CC(C)(C)C(C(=O)O)(C(=O)O)C1CCCCC1.[H-].[H-].[Mg+2]. The Hall–Kier alpha value is -0.294. The summed E-state index contributed by atoms with van der Waals surface area (Å²) in [6.45, 7) is 5.14. The minimum absolute atomic E-state index is 0. The Kier molecular flexibility index (Phi) is 6.13. The fourth-order valence-corrected chi connectivity index (χ4v) is 3.23. The summed E-state index contributed by atoms with van der Waals surface area (Å²) in [6.07, 6.45) is 4.35. The monoisotopic (exact) mass is 268 g/mol. The molecule has 1 fully saturated rings. The number of carboxylic acids is 2. The molecule has 0 saturated heterocycles. The number of hydrogen-bond donors (Lipinski definition) is 2. The van der Waals surface area contributed by atoms with E-state index in [1.54, 1.807) is 20.8 Å². The Morgan fingerprint density at radius 3 is 1.67 bits per heavy atom. The molecule has 0 spiro atoms. The zero-order valence-electron chi connectivity index (χ0n) is 13.5. The van der Waals surface area contributed by atoms with Gasteiger partial charge in [-0.3, -0.25) is 9.59 Å². The van der Waals surface area contributed by atoms with Gasteiger partial charge in [-0.1, -0.05) is 40.0 Å². The molecule has 0 radical (unpaired) electrons. The predicted octanol–water partition coefficient (Wildman–Crippen LogP) is 2.61. The zero-order valence-corrected chi connectivity index (χ0v) is 12.9. The van der Waals surface area contributed by atoms with Gasteiger partial charge in [-0.25, -0.2) is 0 Å². The molecule has 102 valence electrons. The standard InChI is InChI=1S/C13H22O4.Mg.2H/c1-12(2,3)13(10(14)15,11(16)17)9-7-5-4-6-8-9;;;/h9H,4-8H2,1-3H3,(H,14,15)(H,16,17);;;/q;+2;2*-1. The van der Waals surface area contributed by atoms with E-state index >= 15 is 0 Å². The first-order chi connectivity index (χ1) is 7.74. The summed E-state index contributed by atoms with van der Waals surface area (Å²) in [6, 6.07) is 0. The van der Waals surface area contributed by atoms with Gasteiger partial charge in [0.1, 0.15) is 0 Å². The molecule has 2 N–H and O–H groups in total. The third-order valence-electron chi connectivity index (χ3n) is 4.08. The molecule has 0 aromatic rings. The van der Waals surface area contributed by atoms with Gasteiger partial charge in [0.05, 0.1) is 0 Å². The van der Waals surface area contributed by atoms with E-state index in [0.29, 0.717) is 12.8 Å². The Morgan fingerprint density at radius 1 is 1.00 bits per heavy atom. The Labute approximate surface area is 127 Å². The number of carbonyl (C=O) groups is 2. The third kappa shape index (κ3) is 2.82. The van der Waals surface area contributed by atoms with E-state index in [4.69, 9.17) is 0 Å². The Bertz CT molecular complexity index is 309. The summed E-state index contributed by atoms with van der Waals surface area (Å²) in [7, 11) is 0. The molecule has 1 aliphatic rings. The van der Waals surface area contributed by atoms with Crippen LogP contribution in [-0.4, -0.2) is 45.2 Å². The fourth-order valence-electron chi connectivity index (χ4n) is 3.23. The maximum absolute atomic E-state index is 11.6. The van der Waals surface area contributed by atoms with Crippen LogP contribution >= 0.6 is 0 Å². The van der Waals surface area contributed by atoms with Crippen LogP contribution in [0.3, 0.4) is 0 Å². The summed E-state index contributed by atoms with van der Waals surface area (Å²) in [5.41, 5.74) is -2.44. The molecule has 18 heavy (non-hydrogen) atoms. The van der Waals surface area contributed by atoms with Crippen molar-refractivity contribution in [3.8, 4) is 0 Å². The van der Waals surface area contributed by atoms with Gasteiger partial charge in [0.25, 0.3) is 0 Å². The van der Waals surface area contributed by atoms with Crippen molar-refractivity contribution in [3.63, 3.8) is 0 Å². The van der Waals surface area contributed by atoms with Gasteiger partial charge in [0, 0.05) is 0 Å². The summed E-state index contributed by atoms with van der Waals surface area (Å²) >= 11 is 0. The number of hydrogen-bond acceptors (Lipinski definition) is 2. The van der Waals surface area contributed by atoms with Gasteiger partial charge in [-0.05, 0) is 24.2 Å². The molecule has 0 unspecified atom stereocenters. The van der Waals surface area contributed by atoms with Crippen LogP contribution < -0.4 is 0 Å². The van der Waals surface area contributed by atoms with E-state index in [9.17, 15) is 19.8 Å². The van der Waals surface area contributed by atoms with Crippen LogP contribution in [0.1, 0.15) is 55.7 Å². The topological polar surface area (TPSA) is 74.6 Å². The maximum Gasteiger partial charge on any atom is 2.00 e. The molecule has 0 bridgehead atoms. The average Bonchev–Trinajstić information content (AvgIpc) is 2.16. The molecular weight excluding hydrogens is 244 g/mol. The zero-order chi connectivity index (χ0) is 13.3. The summed E-state index contributed by atoms with van der Waals surface area (Å²) in [5, 5.41) is 19.0. The number of rotatable bonds is 3. The van der Waals surface area contributed by atoms with Crippen molar-refractivity contribution in [1.29, 1.82) is 0 Å². The van der Waals surface area contributed by atoms with Crippen molar-refractivity contribution in [3.05, 3.63) is 0 Å². The molecule has 4 nitrogen and oxygen atoms in total. The molecule has 1 rings (SSSR count). The second-order valence-corrected chi connectivity index (χ2v) is 6.00. The van der Waals surface area contributed by atoms with E-state index in [1.165, 1.54) is 0 Å². The van der Waals surface area contributed by atoms with Gasteiger partial charge in [-0.15, -0.1) is 0 Å². The normalized spacial score (nSPS) is 17.9. The Balaban J connectivity index is -0.000000963. The molecule has 0 aromatic heterocycles. The fraction of sp³-hybridized carbons (Fsp3) is 0.846. The summed E-state index contributed by atoms with van der Waals surface area (Å²) in [4.78, 5) is 23.3. The minimum atomic E-state index is -1.66. The van der Waals surface area contributed by atoms with Crippen LogP contribution in [0.4, 0.5) is 0 Å². The summed E-state index contributed by atoms with van der Waals surface area (Å²) in [5.74, 6) is -2.64. The van der Waals surface area contributed by atoms with Crippen molar-refractivity contribution in [2.75, 3.05) is 0 Å². The van der Waals surface area contributed by atoms with Crippen LogP contribution in [-0.2, 0) is 9.59 Å². The minimum Gasteiger partial charge on any atom is -1.00 e. The van der Waals surface area contributed by atoms with Crippen molar-refractivity contribution in [1.82, 2.24) is 0 Å². The average molecular weight is 269 g/mol. The number of aliphatic carboxylic acids is 2. The quantitative estimate of drug-likeness (QED) is 0.609. The smallest absolute Gasteiger partial charge is 1.00 e. The van der Waals surface area contributed by atoms with Gasteiger partial charge in [0.15, 0.2) is 5.41 Å². The molecule has 0 aromatic carbocycles. The van der Waals surface area contributed by atoms with Gasteiger partial charge < -0.3 is 13.1 Å². The van der Waals surface area contributed by atoms with Crippen LogP contribution in [0, 0.1) is 16.7 Å². The molecule has 0 atom stereocenters. The van der Waals surface area contributed by atoms with E-state index in [2.05, 4.69) is 0 Å². The van der Waals surface area contributed by atoms with E-state index in [1.807, 2.05) is 0 Å². The first-order valence-electron chi connectivity index (χ1n) is 6.21. The predicted molar refractivity (Wildman–Crippen MR) is 71.7 cm³/mol. The largest absolute Gasteiger partial charge is 2.00 e. The second kappa shape index (κ2) is 6.24. The molecule has 0 aliphatic heterocycles. The molecule has 0 heterocycles. The van der Waals surface area contributed by atoms with Crippen LogP contribution in [0.15, 0.2) is 0 Å². The van der Waals surface area contributed by atoms with E-state index in [0.717, 1.165) is 19.3 Å². The van der Waals surface area contributed by atoms with Gasteiger partial charge >= 0.3 is 35.0 Å². The molecular formula is C13H24MgO4. The number of carboxylic acid groups (broad SMARTS) is 2. The first kappa shape index (κ1) is 17.7. The summed E-state index contributed by atoms with van der Waals surface area (Å²) < 4.78 is 0. The third-order valence-corrected chi connectivity index (χ3v) is 4.08. The van der Waals surface area contributed by atoms with Crippen molar-refractivity contribution < 1.29 is 22.7 Å². The van der Waals surface area contributed by atoms with Crippen LogP contribution in [0.25, 0.3) is 0 Å². The van der Waals surface area contributed by atoms with Gasteiger partial charge in [-0.2, -0.15) is 0 Å².